The van der Waals surface area contributed by atoms with Gasteiger partial charge in [0.2, 0.25) is 0 Å². The monoisotopic (exact) mass is 256 g/mol. The van der Waals surface area contributed by atoms with Crippen LogP contribution in [0.3, 0.4) is 0 Å². The van der Waals surface area contributed by atoms with E-state index in [2.05, 4.69) is 58.7 Å². The SMILES string of the molecule is CC(C)NCC(C)(C)CN1CC(C)OC(C)(C)C1. The summed E-state index contributed by atoms with van der Waals surface area (Å²) in [5, 5.41) is 3.55. The molecule has 0 aromatic carbocycles. The maximum absolute atomic E-state index is 5.96. The van der Waals surface area contributed by atoms with Crippen LogP contribution < -0.4 is 5.32 Å². The van der Waals surface area contributed by atoms with Crippen molar-refractivity contribution in [2.75, 3.05) is 26.2 Å². The van der Waals surface area contributed by atoms with E-state index in [1.165, 1.54) is 0 Å². The van der Waals surface area contributed by atoms with E-state index in [0.29, 0.717) is 17.6 Å². The highest BCUT2D eigenvalue weighted by atomic mass is 16.5. The Hall–Kier alpha value is -0.120. The smallest absolute Gasteiger partial charge is 0.0757 e. The van der Waals surface area contributed by atoms with E-state index < -0.39 is 0 Å². The van der Waals surface area contributed by atoms with E-state index in [1.54, 1.807) is 0 Å². The van der Waals surface area contributed by atoms with Gasteiger partial charge in [-0.2, -0.15) is 0 Å². The summed E-state index contributed by atoms with van der Waals surface area (Å²) in [6, 6.07) is 0.560. The molecule has 18 heavy (non-hydrogen) atoms. The van der Waals surface area contributed by atoms with Crippen LogP contribution in [0.25, 0.3) is 0 Å². The summed E-state index contributed by atoms with van der Waals surface area (Å²) >= 11 is 0. The lowest BCUT2D eigenvalue weighted by Gasteiger charge is -2.44. The van der Waals surface area contributed by atoms with Gasteiger partial charge < -0.3 is 10.1 Å². The summed E-state index contributed by atoms with van der Waals surface area (Å²) in [6.45, 7) is 19.9. The van der Waals surface area contributed by atoms with Gasteiger partial charge in [-0.15, -0.1) is 0 Å². The predicted molar refractivity (Wildman–Crippen MR) is 78.0 cm³/mol. The average Bonchev–Trinajstić information content (AvgIpc) is 2.10. The summed E-state index contributed by atoms with van der Waals surface area (Å²) in [5.41, 5.74) is 0.288. The zero-order valence-corrected chi connectivity index (χ0v) is 13.3. The predicted octanol–water partition coefficient (Wildman–Crippen LogP) is 2.51. The summed E-state index contributed by atoms with van der Waals surface area (Å²) in [4.78, 5) is 2.55. The number of hydrogen-bond acceptors (Lipinski definition) is 3. The zero-order chi connectivity index (χ0) is 14.0. The molecule has 0 aromatic rings. The van der Waals surface area contributed by atoms with Gasteiger partial charge >= 0.3 is 0 Å². The highest BCUT2D eigenvalue weighted by Gasteiger charge is 2.33. The minimum atomic E-state index is -0.0147. The van der Waals surface area contributed by atoms with Crippen LogP contribution in [0.2, 0.25) is 0 Å². The van der Waals surface area contributed by atoms with Crippen LogP contribution >= 0.6 is 0 Å². The Morgan fingerprint density at radius 1 is 1.39 bits per heavy atom. The van der Waals surface area contributed by atoms with Gasteiger partial charge in [0.25, 0.3) is 0 Å². The second-order valence-corrected chi connectivity index (χ2v) is 7.56. The Morgan fingerprint density at radius 2 is 2.00 bits per heavy atom. The third-order valence-corrected chi connectivity index (χ3v) is 3.28. The average molecular weight is 256 g/mol. The minimum Gasteiger partial charge on any atom is -0.370 e. The highest BCUT2D eigenvalue weighted by Crippen LogP contribution is 2.24. The first-order valence-corrected chi connectivity index (χ1v) is 7.23. The van der Waals surface area contributed by atoms with Crippen LogP contribution in [-0.4, -0.2) is 48.8 Å². The van der Waals surface area contributed by atoms with Crippen molar-refractivity contribution in [2.45, 2.75) is 66.2 Å². The lowest BCUT2D eigenvalue weighted by atomic mass is 9.91. The Balaban J connectivity index is 2.49. The van der Waals surface area contributed by atoms with Crippen molar-refractivity contribution in [2.24, 2.45) is 5.41 Å². The van der Waals surface area contributed by atoms with E-state index in [9.17, 15) is 0 Å². The van der Waals surface area contributed by atoms with Crippen LogP contribution in [0, 0.1) is 5.41 Å². The van der Waals surface area contributed by atoms with Crippen molar-refractivity contribution in [3.63, 3.8) is 0 Å². The molecule has 1 saturated heterocycles. The van der Waals surface area contributed by atoms with Gasteiger partial charge in [0, 0.05) is 32.2 Å². The zero-order valence-electron chi connectivity index (χ0n) is 13.3. The fourth-order valence-electron chi connectivity index (χ4n) is 2.85. The van der Waals surface area contributed by atoms with Crippen LogP contribution in [0.4, 0.5) is 0 Å². The molecule has 1 N–H and O–H groups in total. The molecule has 1 aliphatic rings. The van der Waals surface area contributed by atoms with Crippen molar-refractivity contribution >= 4 is 0 Å². The van der Waals surface area contributed by atoms with Crippen LogP contribution in [-0.2, 0) is 4.74 Å². The first-order chi connectivity index (χ1) is 8.10. The maximum Gasteiger partial charge on any atom is 0.0757 e. The van der Waals surface area contributed by atoms with Crippen molar-refractivity contribution < 1.29 is 4.74 Å². The fourth-order valence-corrected chi connectivity index (χ4v) is 2.85. The number of hydrogen-bond donors (Lipinski definition) is 1. The van der Waals surface area contributed by atoms with Crippen molar-refractivity contribution in [3.05, 3.63) is 0 Å². The molecule has 0 bridgehead atoms. The molecule has 0 aromatic heterocycles. The van der Waals surface area contributed by atoms with Crippen LogP contribution in [0.5, 0.6) is 0 Å². The van der Waals surface area contributed by atoms with Crippen LogP contribution in [0.15, 0.2) is 0 Å². The molecule has 3 heteroatoms. The van der Waals surface area contributed by atoms with E-state index in [-0.39, 0.29) is 5.60 Å². The van der Waals surface area contributed by atoms with Gasteiger partial charge in [0.15, 0.2) is 0 Å². The summed E-state index contributed by atoms with van der Waals surface area (Å²) in [6.07, 6.45) is 0.336. The topological polar surface area (TPSA) is 24.5 Å². The van der Waals surface area contributed by atoms with Gasteiger partial charge in [-0.3, -0.25) is 4.90 Å². The van der Waals surface area contributed by atoms with Gasteiger partial charge in [-0.05, 0) is 26.2 Å². The van der Waals surface area contributed by atoms with Gasteiger partial charge in [-0.1, -0.05) is 27.7 Å². The summed E-state index contributed by atoms with van der Waals surface area (Å²) in [7, 11) is 0. The largest absolute Gasteiger partial charge is 0.370 e. The Bertz CT molecular complexity index is 261. The molecule has 0 aliphatic carbocycles. The molecule has 1 rings (SSSR count). The van der Waals surface area contributed by atoms with E-state index >= 15 is 0 Å². The number of rotatable bonds is 5. The van der Waals surface area contributed by atoms with Gasteiger partial charge in [0.1, 0.15) is 0 Å². The molecule has 1 atom stereocenters. The summed E-state index contributed by atoms with van der Waals surface area (Å²) in [5.74, 6) is 0. The van der Waals surface area contributed by atoms with Crippen molar-refractivity contribution in [1.82, 2.24) is 10.2 Å². The Labute approximate surface area is 113 Å². The second kappa shape index (κ2) is 5.89. The molecule has 1 heterocycles. The highest BCUT2D eigenvalue weighted by molar-refractivity contribution is 4.86. The second-order valence-electron chi connectivity index (χ2n) is 7.56. The molecular weight excluding hydrogens is 224 g/mol. The minimum absolute atomic E-state index is 0.0147. The molecule has 1 fully saturated rings. The first-order valence-electron chi connectivity index (χ1n) is 7.23. The third kappa shape index (κ3) is 5.68. The van der Waals surface area contributed by atoms with Crippen molar-refractivity contribution in [1.29, 1.82) is 0 Å². The molecular formula is C15H32N2O. The molecule has 0 radical (unpaired) electrons. The van der Waals surface area contributed by atoms with Crippen LogP contribution in [0.1, 0.15) is 48.5 Å². The van der Waals surface area contributed by atoms with E-state index in [0.717, 1.165) is 26.2 Å². The molecule has 1 aliphatic heterocycles. The number of morpholine rings is 1. The molecule has 3 nitrogen and oxygen atoms in total. The fraction of sp³-hybridized carbons (Fsp3) is 1.00. The van der Waals surface area contributed by atoms with E-state index in [1.807, 2.05) is 0 Å². The normalized spacial score (nSPS) is 25.7. The van der Waals surface area contributed by atoms with Crippen molar-refractivity contribution in [3.8, 4) is 0 Å². The molecule has 108 valence electrons. The first kappa shape index (κ1) is 15.9. The Morgan fingerprint density at radius 3 is 2.50 bits per heavy atom. The maximum atomic E-state index is 5.96. The molecule has 0 amide bonds. The molecule has 0 saturated carbocycles. The van der Waals surface area contributed by atoms with Gasteiger partial charge in [0.05, 0.1) is 11.7 Å². The molecule has 1 unspecified atom stereocenters. The lowest BCUT2D eigenvalue weighted by molar-refractivity contribution is -0.133. The quantitative estimate of drug-likeness (QED) is 0.818. The van der Waals surface area contributed by atoms with E-state index in [4.69, 9.17) is 4.74 Å². The summed E-state index contributed by atoms with van der Waals surface area (Å²) < 4.78 is 5.96. The Kier molecular flexibility index (Phi) is 5.22. The number of nitrogens with zero attached hydrogens (tertiary/aromatic N) is 1. The lowest BCUT2D eigenvalue weighted by Crippen LogP contribution is -2.55. The number of nitrogens with one attached hydrogen (secondary N) is 1. The standard InChI is InChI=1S/C15H32N2O/c1-12(2)16-9-14(4,5)10-17-8-13(3)18-15(6,7)11-17/h12-13,16H,8-11H2,1-7H3. The number of ether oxygens (including phenoxy) is 1. The van der Waals surface area contributed by atoms with Gasteiger partial charge in [-0.25, -0.2) is 0 Å². The third-order valence-electron chi connectivity index (χ3n) is 3.28. The molecule has 0 spiro atoms.